The number of hydrogen-bond donors (Lipinski definition) is 2. The molecule has 1 heterocycles. The number of Topliss-reactive ketones (excluding diaryl/α,β-unsaturated/α-hetero) is 1. The highest BCUT2D eigenvalue weighted by Gasteiger charge is 2.71. The van der Waals surface area contributed by atoms with Crippen molar-refractivity contribution >= 4 is 29.5 Å². The monoisotopic (exact) mass is 722 g/mol. The van der Waals surface area contributed by atoms with Gasteiger partial charge in [0.05, 0.1) is 17.3 Å². The maximum absolute atomic E-state index is 14.9. The number of fused-ring (bicyclic) bond motifs is 7. The number of nitrogens with one attached hydrogen (secondary N) is 1. The van der Waals surface area contributed by atoms with Crippen molar-refractivity contribution in [2.45, 2.75) is 158 Å². The van der Waals surface area contributed by atoms with E-state index in [1.807, 2.05) is 4.90 Å². The van der Waals surface area contributed by atoms with Crippen molar-refractivity contribution in [1.29, 1.82) is 0 Å². The molecular formula is C43H66N2O7. The number of likely N-dealkylation sites (tertiary alicyclic amines) is 1. The summed E-state index contributed by atoms with van der Waals surface area (Å²) in [5.74, 6) is -0.120. The number of carbonyl (C=O) groups excluding carboxylic acids is 4. The van der Waals surface area contributed by atoms with Crippen LogP contribution in [0.3, 0.4) is 0 Å². The standard InChI is InChI=1S/C43H66N2O7/c1-25(2)34-29(47)23-43(36(49)45-21-15-27(16-22-45)44-26(3)46)20-19-41(9)28(35(34)43)11-12-31-40(8)17-14-32(52-33(48)24-38(4,5)37(50)51)39(6,7)30(40)13-18-42(31,41)10/h25,27-28,30-32H,11-24H2,1-10H3,(H,44,46)(H,50,51)/t28-,30+,31-,32+,40+,41-,42-,43-/m1/s1. The molecule has 8 atom stereocenters. The van der Waals surface area contributed by atoms with E-state index in [9.17, 15) is 29.1 Å². The van der Waals surface area contributed by atoms with Gasteiger partial charge in [0, 0.05) is 37.9 Å². The molecule has 0 radical (unpaired) electrons. The van der Waals surface area contributed by atoms with Crippen LogP contribution in [-0.4, -0.2) is 64.8 Å². The lowest BCUT2D eigenvalue weighted by molar-refractivity contribution is -0.233. The number of allylic oxidation sites excluding steroid dienone is 1. The highest BCUT2D eigenvalue weighted by Crippen LogP contribution is 2.77. The molecule has 2 N–H and O–H groups in total. The van der Waals surface area contributed by atoms with E-state index in [1.165, 1.54) is 5.57 Å². The second-order valence-corrected chi connectivity index (χ2v) is 20.3. The molecule has 0 spiro atoms. The van der Waals surface area contributed by atoms with Gasteiger partial charge in [-0.05, 0) is 129 Å². The fourth-order valence-corrected chi connectivity index (χ4v) is 13.5. The van der Waals surface area contributed by atoms with Crippen molar-refractivity contribution in [1.82, 2.24) is 10.2 Å². The third-order valence-electron chi connectivity index (χ3n) is 16.4. The number of carboxylic acids is 1. The van der Waals surface area contributed by atoms with Gasteiger partial charge in [-0.2, -0.15) is 0 Å². The largest absolute Gasteiger partial charge is 0.481 e. The summed E-state index contributed by atoms with van der Waals surface area (Å²) in [6.45, 7) is 22.2. The normalized spacial score (nSPS) is 38.9. The molecule has 4 saturated carbocycles. The molecule has 1 saturated heterocycles. The lowest BCUT2D eigenvalue weighted by Gasteiger charge is -2.72. The van der Waals surface area contributed by atoms with Crippen LogP contribution in [-0.2, 0) is 28.7 Å². The average Bonchev–Trinajstić information content (AvgIpc) is 3.35. The molecule has 2 amide bonds. The molecule has 0 bridgehead atoms. The Morgan fingerprint density at radius 1 is 0.885 bits per heavy atom. The molecular weight excluding hydrogens is 656 g/mol. The minimum Gasteiger partial charge on any atom is -0.481 e. The van der Waals surface area contributed by atoms with Gasteiger partial charge in [-0.25, -0.2) is 0 Å². The van der Waals surface area contributed by atoms with Crippen LogP contribution in [0.1, 0.15) is 146 Å². The molecule has 6 aliphatic rings. The molecule has 5 fully saturated rings. The second-order valence-electron chi connectivity index (χ2n) is 20.3. The summed E-state index contributed by atoms with van der Waals surface area (Å²) in [5.41, 5.74) is -0.103. The molecule has 5 aliphatic carbocycles. The molecule has 0 aromatic carbocycles. The Morgan fingerprint density at radius 2 is 1.54 bits per heavy atom. The summed E-state index contributed by atoms with van der Waals surface area (Å²) < 4.78 is 6.16. The maximum atomic E-state index is 14.9. The van der Waals surface area contributed by atoms with Crippen molar-refractivity contribution in [2.24, 2.45) is 56.2 Å². The Kier molecular flexibility index (Phi) is 9.72. The molecule has 52 heavy (non-hydrogen) atoms. The summed E-state index contributed by atoms with van der Waals surface area (Å²) in [5, 5.41) is 12.6. The van der Waals surface area contributed by atoms with Crippen LogP contribution < -0.4 is 5.32 Å². The molecule has 9 heteroatoms. The van der Waals surface area contributed by atoms with E-state index in [0.717, 1.165) is 63.4 Å². The van der Waals surface area contributed by atoms with E-state index in [2.05, 4.69) is 53.8 Å². The first-order valence-corrected chi connectivity index (χ1v) is 20.3. The van der Waals surface area contributed by atoms with Gasteiger partial charge < -0.3 is 20.1 Å². The smallest absolute Gasteiger partial charge is 0.309 e. The quantitative estimate of drug-likeness (QED) is 0.260. The maximum Gasteiger partial charge on any atom is 0.309 e. The average molecular weight is 723 g/mol. The Bertz CT molecular complexity index is 1550. The summed E-state index contributed by atoms with van der Waals surface area (Å²) in [6.07, 6.45) is 8.82. The first kappa shape index (κ1) is 39.0. The van der Waals surface area contributed by atoms with Gasteiger partial charge in [-0.3, -0.25) is 24.0 Å². The SMILES string of the molecule is CC(=O)NC1CCN(C(=O)[C@@]23CC[C@]4(C)[C@H](CC[C@@H]5[C@@]6(C)CC[C@H](OC(=O)CC(C)(C)C(=O)O)C(C)(C)[C@@H]6CC[C@]54C)C2=C(C(C)C)C(=O)C3)CC1. The van der Waals surface area contributed by atoms with Gasteiger partial charge in [0.25, 0.3) is 0 Å². The van der Waals surface area contributed by atoms with E-state index in [0.29, 0.717) is 37.8 Å². The van der Waals surface area contributed by atoms with Crippen LogP contribution >= 0.6 is 0 Å². The fourth-order valence-electron chi connectivity index (χ4n) is 13.5. The molecule has 9 nitrogen and oxygen atoms in total. The van der Waals surface area contributed by atoms with Gasteiger partial charge >= 0.3 is 11.9 Å². The lowest BCUT2D eigenvalue weighted by atomic mass is 9.33. The number of aliphatic carboxylic acids is 1. The topological polar surface area (TPSA) is 130 Å². The van der Waals surface area contributed by atoms with Gasteiger partial charge in [-0.1, -0.05) is 48.5 Å². The van der Waals surface area contributed by atoms with Crippen LogP contribution in [0.4, 0.5) is 0 Å². The van der Waals surface area contributed by atoms with Gasteiger partial charge in [0.1, 0.15) is 6.10 Å². The highest BCUT2D eigenvalue weighted by molar-refractivity contribution is 6.07. The van der Waals surface area contributed by atoms with Crippen LogP contribution in [0, 0.1) is 56.2 Å². The number of carbonyl (C=O) groups is 5. The molecule has 0 aromatic heterocycles. The van der Waals surface area contributed by atoms with E-state index in [4.69, 9.17) is 4.74 Å². The first-order chi connectivity index (χ1) is 24.0. The molecule has 0 unspecified atom stereocenters. The molecule has 290 valence electrons. The molecule has 6 rings (SSSR count). The zero-order chi connectivity index (χ0) is 38.4. The van der Waals surface area contributed by atoms with Crippen LogP contribution in [0.15, 0.2) is 11.1 Å². The van der Waals surface area contributed by atoms with Crippen LogP contribution in [0.2, 0.25) is 0 Å². The van der Waals surface area contributed by atoms with E-state index in [1.54, 1.807) is 20.8 Å². The first-order valence-electron chi connectivity index (χ1n) is 20.3. The second kappa shape index (κ2) is 13.0. The molecule has 0 aromatic rings. The minimum atomic E-state index is -1.17. The summed E-state index contributed by atoms with van der Waals surface area (Å²) in [6, 6.07) is 0.0861. The summed E-state index contributed by atoms with van der Waals surface area (Å²) >= 11 is 0. The summed E-state index contributed by atoms with van der Waals surface area (Å²) in [4.78, 5) is 67.5. The van der Waals surface area contributed by atoms with Gasteiger partial charge in [0.2, 0.25) is 11.8 Å². The Labute approximate surface area is 311 Å². The lowest BCUT2D eigenvalue weighted by Crippen LogP contribution is -2.66. The van der Waals surface area contributed by atoms with Gasteiger partial charge in [0.15, 0.2) is 5.78 Å². The van der Waals surface area contributed by atoms with Crippen molar-refractivity contribution in [3.05, 3.63) is 11.1 Å². The van der Waals surface area contributed by atoms with Crippen molar-refractivity contribution in [2.75, 3.05) is 13.1 Å². The van der Waals surface area contributed by atoms with E-state index in [-0.39, 0.29) is 69.7 Å². The van der Waals surface area contributed by atoms with Crippen LogP contribution in [0.25, 0.3) is 0 Å². The van der Waals surface area contributed by atoms with Crippen molar-refractivity contribution in [3.63, 3.8) is 0 Å². The minimum absolute atomic E-state index is 0.0128. The number of rotatable bonds is 7. The third-order valence-corrected chi connectivity index (χ3v) is 16.4. The van der Waals surface area contributed by atoms with Crippen molar-refractivity contribution < 1.29 is 33.8 Å². The number of esters is 1. The number of ketones is 1. The third kappa shape index (κ3) is 5.79. The highest BCUT2D eigenvalue weighted by atomic mass is 16.5. The van der Waals surface area contributed by atoms with Crippen molar-refractivity contribution in [3.8, 4) is 0 Å². The Morgan fingerprint density at radius 3 is 2.13 bits per heavy atom. The number of amides is 2. The van der Waals surface area contributed by atoms with Crippen LogP contribution in [0.5, 0.6) is 0 Å². The summed E-state index contributed by atoms with van der Waals surface area (Å²) in [7, 11) is 0. The van der Waals surface area contributed by atoms with Gasteiger partial charge in [-0.15, -0.1) is 0 Å². The number of nitrogens with zero attached hydrogens (tertiary/aromatic N) is 1. The van der Waals surface area contributed by atoms with E-state index < -0.39 is 22.8 Å². The fraction of sp³-hybridized carbons (Fsp3) is 0.837. The number of hydrogen-bond acceptors (Lipinski definition) is 6. The van der Waals surface area contributed by atoms with E-state index >= 15 is 0 Å². The predicted octanol–water partition coefficient (Wildman–Crippen LogP) is 7.51. The number of piperidine rings is 1. The molecule has 1 aliphatic heterocycles. The zero-order valence-corrected chi connectivity index (χ0v) is 33.7. The number of ether oxygens (including phenoxy) is 1. The zero-order valence-electron chi connectivity index (χ0n) is 33.7. The Balaban J connectivity index is 1.28. The Hall–Kier alpha value is -2.71. The predicted molar refractivity (Wildman–Crippen MR) is 199 cm³/mol. The number of carboxylic acid groups (broad SMARTS) is 1.